The maximum Gasteiger partial charge on any atom is 0.123 e. The number of halogens is 1. The third-order valence-corrected chi connectivity index (χ3v) is 3.23. The zero-order chi connectivity index (χ0) is 13.0. The summed E-state index contributed by atoms with van der Waals surface area (Å²) >= 11 is 0. The first-order valence-corrected chi connectivity index (χ1v) is 6.20. The lowest BCUT2D eigenvalue weighted by atomic mass is 10.1. The Balaban J connectivity index is 1.98. The number of benzene rings is 2. The Labute approximate surface area is 108 Å². The van der Waals surface area contributed by atoms with E-state index in [-0.39, 0.29) is 11.9 Å². The number of hydrogen-bond donors (Lipinski definition) is 1. The van der Waals surface area contributed by atoms with Crippen molar-refractivity contribution in [2.45, 2.75) is 26.4 Å². The van der Waals surface area contributed by atoms with Crippen LogP contribution in [0.3, 0.4) is 0 Å². The third-order valence-electron chi connectivity index (χ3n) is 3.23. The molecule has 2 aromatic rings. The van der Waals surface area contributed by atoms with Crippen molar-refractivity contribution in [2.75, 3.05) is 0 Å². The van der Waals surface area contributed by atoms with Crippen molar-refractivity contribution < 1.29 is 4.39 Å². The van der Waals surface area contributed by atoms with Crippen LogP contribution in [0.1, 0.15) is 29.7 Å². The molecule has 0 aliphatic heterocycles. The van der Waals surface area contributed by atoms with Gasteiger partial charge in [-0.1, -0.05) is 36.4 Å². The van der Waals surface area contributed by atoms with Crippen molar-refractivity contribution in [3.8, 4) is 0 Å². The highest BCUT2D eigenvalue weighted by atomic mass is 19.1. The van der Waals surface area contributed by atoms with Gasteiger partial charge in [-0.15, -0.1) is 0 Å². The first-order valence-electron chi connectivity index (χ1n) is 6.20. The monoisotopic (exact) mass is 243 g/mol. The minimum absolute atomic E-state index is 0.190. The topological polar surface area (TPSA) is 12.0 Å². The molecule has 1 atom stereocenters. The zero-order valence-electron chi connectivity index (χ0n) is 10.8. The highest BCUT2D eigenvalue weighted by Gasteiger charge is 2.05. The minimum atomic E-state index is -0.190. The lowest BCUT2D eigenvalue weighted by molar-refractivity contribution is 0.570. The molecule has 0 fully saturated rings. The van der Waals surface area contributed by atoms with E-state index in [0.717, 1.165) is 12.1 Å². The molecule has 0 bridgehead atoms. The van der Waals surface area contributed by atoms with Gasteiger partial charge in [0.05, 0.1) is 0 Å². The molecule has 2 aromatic carbocycles. The van der Waals surface area contributed by atoms with Gasteiger partial charge in [-0.05, 0) is 42.7 Å². The van der Waals surface area contributed by atoms with E-state index in [2.05, 4.69) is 31.3 Å². The number of hydrogen-bond acceptors (Lipinski definition) is 1. The summed E-state index contributed by atoms with van der Waals surface area (Å²) in [6, 6.07) is 15.2. The highest BCUT2D eigenvalue weighted by Crippen LogP contribution is 2.14. The molecule has 0 spiro atoms. The van der Waals surface area contributed by atoms with Crippen LogP contribution >= 0.6 is 0 Å². The van der Waals surface area contributed by atoms with Crippen molar-refractivity contribution in [2.24, 2.45) is 0 Å². The fraction of sp³-hybridized carbons (Fsp3) is 0.250. The van der Waals surface area contributed by atoms with E-state index in [4.69, 9.17) is 0 Å². The van der Waals surface area contributed by atoms with Gasteiger partial charge < -0.3 is 5.32 Å². The Morgan fingerprint density at radius 3 is 2.39 bits per heavy atom. The van der Waals surface area contributed by atoms with Gasteiger partial charge in [0.25, 0.3) is 0 Å². The van der Waals surface area contributed by atoms with Gasteiger partial charge in [-0.3, -0.25) is 0 Å². The molecule has 0 saturated carbocycles. The first kappa shape index (κ1) is 12.8. The van der Waals surface area contributed by atoms with Crippen LogP contribution in [-0.4, -0.2) is 0 Å². The number of nitrogens with one attached hydrogen (secondary N) is 1. The molecule has 0 aromatic heterocycles. The molecular formula is C16H18FN. The van der Waals surface area contributed by atoms with E-state index in [1.54, 1.807) is 0 Å². The molecule has 2 heteroatoms. The average Bonchev–Trinajstić information content (AvgIpc) is 2.38. The predicted octanol–water partition coefficient (Wildman–Crippen LogP) is 3.98. The summed E-state index contributed by atoms with van der Waals surface area (Å²) in [7, 11) is 0. The van der Waals surface area contributed by atoms with Crippen LogP contribution in [0, 0.1) is 12.7 Å². The van der Waals surface area contributed by atoms with Gasteiger partial charge in [0.2, 0.25) is 0 Å². The summed E-state index contributed by atoms with van der Waals surface area (Å²) < 4.78 is 12.8. The highest BCUT2D eigenvalue weighted by molar-refractivity contribution is 5.26. The van der Waals surface area contributed by atoms with Crippen LogP contribution in [0.5, 0.6) is 0 Å². The van der Waals surface area contributed by atoms with Crippen LogP contribution in [0.25, 0.3) is 0 Å². The molecule has 18 heavy (non-hydrogen) atoms. The zero-order valence-corrected chi connectivity index (χ0v) is 10.8. The van der Waals surface area contributed by atoms with Crippen molar-refractivity contribution in [3.63, 3.8) is 0 Å². The fourth-order valence-electron chi connectivity index (χ4n) is 1.94. The average molecular weight is 243 g/mol. The molecule has 1 N–H and O–H groups in total. The van der Waals surface area contributed by atoms with Gasteiger partial charge >= 0.3 is 0 Å². The second-order valence-corrected chi connectivity index (χ2v) is 4.58. The van der Waals surface area contributed by atoms with Crippen LogP contribution in [0.2, 0.25) is 0 Å². The van der Waals surface area contributed by atoms with Crippen LogP contribution in [-0.2, 0) is 6.54 Å². The molecule has 0 unspecified atom stereocenters. The van der Waals surface area contributed by atoms with E-state index in [0.29, 0.717) is 0 Å². The minimum Gasteiger partial charge on any atom is -0.306 e. The summed E-state index contributed by atoms with van der Waals surface area (Å²) in [6.45, 7) is 5.02. The summed E-state index contributed by atoms with van der Waals surface area (Å²) in [5.41, 5.74) is 3.69. The third kappa shape index (κ3) is 3.17. The van der Waals surface area contributed by atoms with Crippen molar-refractivity contribution >= 4 is 0 Å². The van der Waals surface area contributed by atoms with E-state index < -0.39 is 0 Å². The summed E-state index contributed by atoms with van der Waals surface area (Å²) in [6.07, 6.45) is 0. The largest absolute Gasteiger partial charge is 0.306 e. The van der Waals surface area contributed by atoms with E-state index >= 15 is 0 Å². The molecule has 0 aliphatic carbocycles. The van der Waals surface area contributed by atoms with Gasteiger partial charge in [0.1, 0.15) is 5.82 Å². The van der Waals surface area contributed by atoms with E-state index in [1.165, 1.54) is 23.3 Å². The maximum atomic E-state index is 12.8. The van der Waals surface area contributed by atoms with Gasteiger partial charge in [-0.2, -0.15) is 0 Å². The Hall–Kier alpha value is -1.67. The number of aryl methyl sites for hydroxylation is 1. The number of rotatable bonds is 4. The summed E-state index contributed by atoms with van der Waals surface area (Å²) in [5.74, 6) is -0.190. The van der Waals surface area contributed by atoms with Crippen LogP contribution in [0.15, 0.2) is 48.5 Å². The Bertz CT molecular complexity index is 505. The molecule has 94 valence electrons. The SMILES string of the molecule is Cc1ccccc1CN[C@@H](C)c1ccc(F)cc1. The lowest BCUT2D eigenvalue weighted by Crippen LogP contribution is -2.18. The summed E-state index contributed by atoms with van der Waals surface area (Å²) in [5, 5.41) is 3.45. The van der Waals surface area contributed by atoms with Crippen LogP contribution < -0.4 is 5.32 Å². The van der Waals surface area contributed by atoms with Gasteiger partial charge in [0, 0.05) is 12.6 Å². The smallest absolute Gasteiger partial charge is 0.123 e. The molecule has 0 heterocycles. The van der Waals surface area contributed by atoms with Crippen molar-refractivity contribution in [1.29, 1.82) is 0 Å². The molecular weight excluding hydrogens is 225 g/mol. The van der Waals surface area contributed by atoms with Crippen molar-refractivity contribution in [1.82, 2.24) is 5.32 Å². The Kier molecular flexibility index (Phi) is 4.11. The molecule has 2 rings (SSSR count). The standard InChI is InChI=1S/C16H18FN/c1-12-5-3-4-6-15(12)11-18-13(2)14-7-9-16(17)10-8-14/h3-10,13,18H,11H2,1-2H3/t13-/m0/s1. The molecule has 0 saturated heterocycles. The maximum absolute atomic E-state index is 12.8. The normalized spacial score (nSPS) is 12.4. The molecule has 0 radical (unpaired) electrons. The van der Waals surface area contributed by atoms with E-state index in [9.17, 15) is 4.39 Å². The fourth-order valence-corrected chi connectivity index (χ4v) is 1.94. The van der Waals surface area contributed by atoms with E-state index in [1.807, 2.05) is 24.3 Å². The van der Waals surface area contributed by atoms with Gasteiger partial charge in [-0.25, -0.2) is 4.39 Å². The Morgan fingerprint density at radius 2 is 1.72 bits per heavy atom. The molecule has 0 aliphatic rings. The second kappa shape index (κ2) is 5.78. The molecule has 0 amide bonds. The predicted molar refractivity (Wildman–Crippen MR) is 72.8 cm³/mol. The second-order valence-electron chi connectivity index (χ2n) is 4.58. The quantitative estimate of drug-likeness (QED) is 0.856. The van der Waals surface area contributed by atoms with Crippen molar-refractivity contribution in [3.05, 3.63) is 71.0 Å². The summed E-state index contributed by atoms with van der Waals surface area (Å²) in [4.78, 5) is 0. The van der Waals surface area contributed by atoms with Crippen LogP contribution in [0.4, 0.5) is 4.39 Å². The van der Waals surface area contributed by atoms with Gasteiger partial charge in [0.15, 0.2) is 0 Å². The first-order chi connectivity index (χ1) is 8.66. The Morgan fingerprint density at radius 1 is 1.06 bits per heavy atom. The lowest BCUT2D eigenvalue weighted by Gasteiger charge is -2.15. The molecule has 1 nitrogen and oxygen atoms in total.